The Kier molecular flexibility index (Phi) is 6.18. The van der Waals surface area contributed by atoms with Crippen molar-refractivity contribution in [3.8, 4) is 5.75 Å². The summed E-state index contributed by atoms with van der Waals surface area (Å²) in [4.78, 5) is 12.3. The Morgan fingerprint density at radius 2 is 1.83 bits per heavy atom. The molecule has 0 radical (unpaired) electrons. The van der Waals surface area contributed by atoms with Crippen molar-refractivity contribution in [1.82, 2.24) is 5.01 Å². The second-order valence-corrected chi connectivity index (χ2v) is 8.22. The number of anilines is 1. The van der Waals surface area contributed by atoms with Gasteiger partial charge in [0.25, 0.3) is 0 Å². The van der Waals surface area contributed by atoms with Crippen molar-refractivity contribution in [2.75, 3.05) is 24.7 Å². The summed E-state index contributed by atoms with van der Waals surface area (Å²) in [5.74, 6) is 0.319. The smallest absolute Gasteiger partial charge is 0.338 e. The van der Waals surface area contributed by atoms with Gasteiger partial charge in [-0.1, -0.05) is 36.5 Å². The Labute approximate surface area is 181 Å². The van der Waals surface area contributed by atoms with E-state index in [1.54, 1.807) is 18.2 Å². The number of halogens is 2. The second kappa shape index (κ2) is 8.82. The predicted molar refractivity (Wildman–Crippen MR) is 115 cm³/mol. The van der Waals surface area contributed by atoms with Gasteiger partial charge >= 0.3 is 5.97 Å². The Hall–Kier alpha value is -1.95. The fourth-order valence-electron chi connectivity index (χ4n) is 3.82. The maximum atomic E-state index is 12.3. The van der Waals surface area contributed by atoms with Crippen LogP contribution in [0, 0.1) is 0 Å². The molecule has 0 amide bonds. The van der Waals surface area contributed by atoms with Gasteiger partial charge in [-0.25, -0.2) is 9.80 Å². The summed E-state index contributed by atoms with van der Waals surface area (Å²) in [6, 6.07) is 10.9. The van der Waals surface area contributed by atoms with Crippen molar-refractivity contribution in [2.24, 2.45) is 0 Å². The first-order valence-electron chi connectivity index (χ1n) is 10.0. The topological polar surface area (TPSA) is 42.0 Å². The summed E-state index contributed by atoms with van der Waals surface area (Å²) in [5.41, 5.74) is 2.29. The molecule has 154 valence electrons. The van der Waals surface area contributed by atoms with Gasteiger partial charge < -0.3 is 9.47 Å². The van der Waals surface area contributed by atoms with Gasteiger partial charge in [-0.3, -0.25) is 5.01 Å². The molecule has 0 aromatic heterocycles. The summed E-state index contributed by atoms with van der Waals surface area (Å²) >= 11 is 12.5. The summed E-state index contributed by atoms with van der Waals surface area (Å²) in [6.45, 7) is 4.28. The largest absolute Gasteiger partial charge is 0.463 e. The fourth-order valence-corrected chi connectivity index (χ4v) is 4.36. The molecular weight excluding hydrogens is 411 g/mol. The van der Waals surface area contributed by atoms with Crippen molar-refractivity contribution < 1.29 is 14.3 Å². The van der Waals surface area contributed by atoms with Crippen LogP contribution in [-0.4, -0.2) is 30.7 Å². The molecule has 7 heteroatoms. The van der Waals surface area contributed by atoms with E-state index in [0.29, 0.717) is 28.0 Å². The minimum absolute atomic E-state index is 0.336. The minimum Gasteiger partial charge on any atom is -0.463 e. The van der Waals surface area contributed by atoms with E-state index in [-0.39, 0.29) is 12.2 Å². The lowest BCUT2D eigenvalue weighted by Gasteiger charge is -2.38. The third-order valence-corrected chi connectivity index (χ3v) is 5.58. The van der Waals surface area contributed by atoms with E-state index < -0.39 is 0 Å². The summed E-state index contributed by atoms with van der Waals surface area (Å²) in [7, 11) is 0. The lowest BCUT2D eigenvalue weighted by Crippen LogP contribution is -2.46. The fraction of sp³-hybridized carbons (Fsp3) is 0.409. The highest BCUT2D eigenvalue weighted by atomic mass is 35.5. The Morgan fingerprint density at radius 1 is 1.10 bits per heavy atom. The summed E-state index contributed by atoms with van der Waals surface area (Å²) < 4.78 is 11.6. The molecule has 5 nitrogen and oxygen atoms in total. The number of ether oxygens (including phenoxy) is 2. The number of carbonyl (C=O) groups is 1. The molecule has 0 spiro atoms. The average Bonchev–Trinajstić information content (AvgIpc) is 3.10. The summed E-state index contributed by atoms with van der Waals surface area (Å²) in [5, 5.41) is 5.60. The van der Waals surface area contributed by atoms with E-state index in [2.05, 4.69) is 10.0 Å². The van der Waals surface area contributed by atoms with Gasteiger partial charge in [0, 0.05) is 28.7 Å². The third kappa shape index (κ3) is 4.32. The number of carbonyl (C=O) groups excluding carboxylic acids is 1. The van der Waals surface area contributed by atoms with Gasteiger partial charge in [0.2, 0.25) is 6.23 Å². The Morgan fingerprint density at radius 3 is 2.52 bits per heavy atom. The van der Waals surface area contributed by atoms with Crippen LogP contribution in [-0.2, 0) is 4.74 Å². The number of fused-ring (bicyclic) bond motifs is 1. The van der Waals surface area contributed by atoms with Crippen LogP contribution in [0.15, 0.2) is 36.4 Å². The first-order chi connectivity index (χ1) is 14.1. The molecule has 1 unspecified atom stereocenters. The molecule has 4 rings (SSSR count). The maximum Gasteiger partial charge on any atom is 0.338 e. The normalized spacial score (nSPS) is 19.0. The molecular formula is C22H24Cl2N2O3. The van der Waals surface area contributed by atoms with Crippen molar-refractivity contribution >= 4 is 34.9 Å². The molecule has 0 aliphatic carbocycles. The van der Waals surface area contributed by atoms with Crippen LogP contribution in [0.25, 0.3) is 0 Å². The SMILES string of the molecule is CCCOC(=O)c1ccc2c(c1)OC(c1cc(Cl)cc(Cl)c1)N2N1CCCCC1. The molecule has 1 atom stereocenters. The number of hydrazine groups is 1. The van der Waals surface area contributed by atoms with Crippen LogP contribution in [0.1, 0.15) is 54.8 Å². The van der Waals surface area contributed by atoms with Gasteiger partial charge in [0.1, 0.15) is 5.75 Å². The monoisotopic (exact) mass is 434 g/mol. The maximum absolute atomic E-state index is 12.3. The minimum atomic E-state index is -0.388. The van der Waals surface area contributed by atoms with Crippen LogP contribution in [0.5, 0.6) is 5.75 Å². The van der Waals surface area contributed by atoms with E-state index in [1.165, 1.54) is 6.42 Å². The van der Waals surface area contributed by atoms with Crippen LogP contribution < -0.4 is 9.75 Å². The van der Waals surface area contributed by atoms with E-state index in [4.69, 9.17) is 32.7 Å². The molecule has 2 aliphatic rings. The van der Waals surface area contributed by atoms with Gasteiger partial charge in [-0.2, -0.15) is 0 Å². The highest BCUT2D eigenvalue weighted by Gasteiger charge is 2.37. The van der Waals surface area contributed by atoms with Crippen molar-refractivity contribution in [1.29, 1.82) is 0 Å². The highest BCUT2D eigenvalue weighted by molar-refractivity contribution is 6.34. The molecule has 0 bridgehead atoms. The van der Waals surface area contributed by atoms with Gasteiger partial charge in [-0.05, 0) is 55.7 Å². The molecule has 2 aliphatic heterocycles. The highest BCUT2D eigenvalue weighted by Crippen LogP contribution is 2.46. The van der Waals surface area contributed by atoms with Gasteiger partial charge in [0.05, 0.1) is 17.9 Å². The quantitative estimate of drug-likeness (QED) is 0.551. The molecule has 2 aromatic carbocycles. The van der Waals surface area contributed by atoms with E-state index in [0.717, 1.165) is 43.6 Å². The first-order valence-corrected chi connectivity index (χ1v) is 10.8. The number of piperidine rings is 1. The van der Waals surface area contributed by atoms with Gasteiger partial charge in [0.15, 0.2) is 0 Å². The zero-order valence-electron chi connectivity index (χ0n) is 16.4. The predicted octanol–water partition coefficient (Wildman–Crippen LogP) is 5.86. The lowest BCUT2D eigenvalue weighted by atomic mass is 10.1. The molecule has 0 N–H and O–H groups in total. The zero-order chi connectivity index (χ0) is 20.4. The second-order valence-electron chi connectivity index (χ2n) is 7.35. The lowest BCUT2D eigenvalue weighted by molar-refractivity contribution is 0.0504. The van der Waals surface area contributed by atoms with E-state index in [9.17, 15) is 4.79 Å². The number of hydrogen-bond donors (Lipinski definition) is 0. The molecule has 1 saturated heterocycles. The molecule has 29 heavy (non-hydrogen) atoms. The third-order valence-electron chi connectivity index (χ3n) is 5.15. The van der Waals surface area contributed by atoms with Crippen LogP contribution in [0.2, 0.25) is 10.0 Å². The van der Waals surface area contributed by atoms with Crippen LogP contribution in [0.4, 0.5) is 5.69 Å². The van der Waals surface area contributed by atoms with Crippen LogP contribution >= 0.6 is 23.2 Å². The zero-order valence-corrected chi connectivity index (χ0v) is 17.9. The summed E-state index contributed by atoms with van der Waals surface area (Å²) in [6.07, 6.45) is 3.90. The Balaban J connectivity index is 1.70. The Bertz CT molecular complexity index is 879. The van der Waals surface area contributed by atoms with E-state index >= 15 is 0 Å². The first kappa shape index (κ1) is 20.3. The molecule has 0 saturated carbocycles. The molecule has 1 fully saturated rings. The average molecular weight is 435 g/mol. The number of esters is 1. The molecule has 2 aromatic rings. The number of hydrogen-bond acceptors (Lipinski definition) is 5. The van der Waals surface area contributed by atoms with Gasteiger partial charge in [-0.15, -0.1) is 0 Å². The molecule has 2 heterocycles. The number of benzene rings is 2. The van der Waals surface area contributed by atoms with Crippen molar-refractivity contribution in [3.05, 3.63) is 57.6 Å². The van der Waals surface area contributed by atoms with Crippen LogP contribution in [0.3, 0.4) is 0 Å². The number of rotatable bonds is 5. The van der Waals surface area contributed by atoms with E-state index in [1.807, 2.05) is 25.1 Å². The number of nitrogens with zero attached hydrogens (tertiary/aromatic N) is 2. The van der Waals surface area contributed by atoms with Crippen molar-refractivity contribution in [3.63, 3.8) is 0 Å². The standard InChI is InChI=1S/C22H24Cl2N2O3/c1-2-10-28-22(27)15-6-7-19-20(13-15)29-21(16-11-17(23)14-18(24)12-16)26(19)25-8-4-3-5-9-25/h6-7,11-14,21H,2-5,8-10H2,1H3. The van der Waals surface area contributed by atoms with Crippen molar-refractivity contribution in [2.45, 2.75) is 38.8 Å².